The van der Waals surface area contributed by atoms with Gasteiger partial charge in [-0.3, -0.25) is 0 Å². The van der Waals surface area contributed by atoms with Crippen LogP contribution in [0.5, 0.6) is 0 Å². The Morgan fingerprint density at radius 3 is 2.89 bits per heavy atom. The first kappa shape index (κ1) is 13.4. The summed E-state index contributed by atoms with van der Waals surface area (Å²) in [6, 6.07) is 0. The maximum absolute atomic E-state index is 11.4. The fourth-order valence-corrected chi connectivity index (χ4v) is 3.72. The minimum absolute atomic E-state index is 0.0696. The van der Waals surface area contributed by atoms with Crippen molar-refractivity contribution in [2.24, 2.45) is 5.73 Å². The number of sulfone groups is 1. The van der Waals surface area contributed by atoms with Gasteiger partial charge in [-0.25, -0.2) is 8.42 Å². The lowest BCUT2D eigenvalue weighted by Gasteiger charge is -2.18. The average molecular weight is 275 g/mol. The minimum Gasteiger partial charge on any atom is -0.382 e. The first-order valence-corrected chi connectivity index (χ1v) is 7.48. The Morgan fingerprint density at radius 2 is 2.33 bits per heavy atom. The Hall–Kier alpha value is -0.990. The van der Waals surface area contributed by atoms with E-state index >= 15 is 0 Å². The molecule has 2 atom stereocenters. The summed E-state index contributed by atoms with van der Waals surface area (Å²) in [7, 11) is -1.43. The van der Waals surface area contributed by atoms with Crippen LogP contribution < -0.4 is 5.73 Å². The standard InChI is InChI=1S/C10H17N3O4S/c1-10(11,6-16-2)9-12-8(17-13-9)7-3-4-18(14,15)5-7/h7H,3-6,11H2,1-2H3. The van der Waals surface area contributed by atoms with Gasteiger partial charge in [0.05, 0.1) is 24.0 Å². The number of nitrogens with two attached hydrogens (primary N) is 1. The molecule has 1 aromatic heterocycles. The van der Waals surface area contributed by atoms with Gasteiger partial charge in [-0.05, 0) is 13.3 Å². The molecule has 2 N–H and O–H groups in total. The van der Waals surface area contributed by atoms with Crippen LogP contribution in [0.4, 0.5) is 0 Å². The number of hydrogen-bond acceptors (Lipinski definition) is 7. The van der Waals surface area contributed by atoms with Gasteiger partial charge in [0.15, 0.2) is 15.7 Å². The Morgan fingerprint density at radius 1 is 1.61 bits per heavy atom. The topological polar surface area (TPSA) is 108 Å². The van der Waals surface area contributed by atoms with E-state index in [1.807, 2.05) is 0 Å². The third kappa shape index (κ3) is 2.70. The molecule has 0 saturated carbocycles. The van der Waals surface area contributed by atoms with E-state index < -0.39 is 15.4 Å². The van der Waals surface area contributed by atoms with E-state index in [-0.39, 0.29) is 24.0 Å². The molecule has 1 fully saturated rings. The number of rotatable bonds is 4. The zero-order valence-corrected chi connectivity index (χ0v) is 11.2. The maximum Gasteiger partial charge on any atom is 0.230 e. The van der Waals surface area contributed by atoms with Crippen molar-refractivity contribution in [1.82, 2.24) is 10.1 Å². The fourth-order valence-electron chi connectivity index (χ4n) is 1.99. The van der Waals surface area contributed by atoms with Gasteiger partial charge in [-0.1, -0.05) is 5.16 Å². The summed E-state index contributed by atoms with van der Waals surface area (Å²) >= 11 is 0. The van der Waals surface area contributed by atoms with Gasteiger partial charge in [0.2, 0.25) is 5.89 Å². The van der Waals surface area contributed by atoms with Crippen molar-refractivity contribution >= 4 is 9.84 Å². The molecule has 0 spiro atoms. The number of ether oxygens (including phenoxy) is 1. The highest BCUT2D eigenvalue weighted by atomic mass is 32.2. The number of methoxy groups -OCH3 is 1. The zero-order valence-electron chi connectivity index (χ0n) is 10.4. The van der Waals surface area contributed by atoms with E-state index in [1.54, 1.807) is 6.92 Å². The number of aromatic nitrogens is 2. The van der Waals surface area contributed by atoms with Crippen LogP contribution in [-0.2, 0) is 20.1 Å². The molecule has 2 unspecified atom stereocenters. The Balaban J connectivity index is 2.16. The second-order valence-electron chi connectivity index (χ2n) is 4.91. The molecule has 0 radical (unpaired) electrons. The largest absolute Gasteiger partial charge is 0.382 e. The van der Waals surface area contributed by atoms with Gasteiger partial charge in [-0.15, -0.1) is 0 Å². The van der Waals surface area contributed by atoms with E-state index in [9.17, 15) is 8.42 Å². The van der Waals surface area contributed by atoms with E-state index in [1.165, 1.54) is 7.11 Å². The summed E-state index contributed by atoms with van der Waals surface area (Å²) in [5, 5.41) is 3.81. The van der Waals surface area contributed by atoms with Gasteiger partial charge in [0, 0.05) is 7.11 Å². The van der Waals surface area contributed by atoms with Crippen molar-refractivity contribution in [3.05, 3.63) is 11.7 Å². The molecule has 102 valence electrons. The van der Waals surface area contributed by atoms with Crippen molar-refractivity contribution in [3.8, 4) is 0 Å². The smallest absolute Gasteiger partial charge is 0.230 e. The van der Waals surface area contributed by atoms with Crippen LogP contribution in [0.2, 0.25) is 0 Å². The summed E-state index contributed by atoms with van der Waals surface area (Å²) in [6.45, 7) is 1.99. The van der Waals surface area contributed by atoms with Crippen molar-refractivity contribution < 1.29 is 17.7 Å². The second kappa shape index (κ2) is 4.60. The number of hydrogen-bond donors (Lipinski definition) is 1. The molecule has 1 saturated heterocycles. The second-order valence-corrected chi connectivity index (χ2v) is 7.14. The third-order valence-electron chi connectivity index (χ3n) is 2.98. The van der Waals surface area contributed by atoms with Crippen LogP contribution in [0, 0.1) is 0 Å². The molecular weight excluding hydrogens is 258 g/mol. The van der Waals surface area contributed by atoms with Crippen LogP contribution >= 0.6 is 0 Å². The first-order valence-electron chi connectivity index (χ1n) is 5.66. The van der Waals surface area contributed by atoms with Crippen molar-refractivity contribution in [2.45, 2.75) is 24.8 Å². The lowest BCUT2D eigenvalue weighted by molar-refractivity contribution is 0.135. The monoisotopic (exact) mass is 275 g/mol. The Labute approximate surface area is 106 Å². The molecule has 0 aliphatic carbocycles. The normalized spacial score (nSPS) is 26.1. The molecule has 1 aliphatic rings. The van der Waals surface area contributed by atoms with Gasteiger partial charge >= 0.3 is 0 Å². The average Bonchev–Trinajstić information content (AvgIpc) is 2.84. The van der Waals surface area contributed by atoms with Crippen LogP contribution in [0.25, 0.3) is 0 Å². The summed E-state index contributed by atoms with van der Waals surface area (Å²) in [5.74, 6) is 0.713. The molecule has 2 rings (SSSR count). The highest BCUT2D eigenvalue weighted by Crippen LogP contribution is 2.28. The summed E-state index contributed by atoms with van der Waals surface area (Å²) < 4.78 is 32.9. The zero-order chi connectivity index (χ0) is 13.4. The van der Waals surface area contributed by atoms with Crippen molar-refractivity contribution in [2.75, 3.05) is 25.2 Å². The molecule has 18 heavy (non-hydrogen) atoms. The molecule has 0 aromatic carbocycles. The van der Waals surface area contributed by atoms with Crippen LogP contribution in [0.1, 0.15) is 31.0 Å². The van der Waals surface area contributed by atoms with Gasteiger partial charge in [0.25, 0.3) is 0 Å². The Bertz CT molecular complexity index is 523. The Kier molecular flexibility index (Phi) is 3.43. The fraction of sp³-hybridized carbons (Fsp3) is 0.800. The molecule has 7 nitrogen and oxygen atoms in total. The number of nitrogens with zero attached hydrogens (tertiary/aromatic N) is 2. The van der Waals surface area contributed by atoms with Crippen LogP contribution in [-0.4, -0.2) is 43.8 Å². The molecular formula is C10H17N3O4S. The van der Waals surface area contributed by atoms with Crippen LogP contribution in [0.15, 0.2) is 4.52 Å². The summed E-state index contributed by atoms with van der Waals surface area (Å²) in [4.78, 5) is 4.20. The van der Waals surface area contributed by atoms with Gasteiger partial charge in [-0.2, -0.15) is 4.98 Å². The lowest BCUT2D eigenvalue weighted by Crippen LogP contribution is -2.39. The van der Waals surface area contributed by atoms with E-state index in [0.29, 0.717) is 18.1 Å². The first-order chi connectivity index (χ1) is 8.34. The summed E-state index contributed by atoms with van der Waals surface area (Å²) in [5.41, 5.74) is 5.15. The third-order valence-corrected chi connectivity index (χ3v) is 4.75. The molecule has 1 aliphatic heterocycles. The van der Waals surface area contributed by atoms with E-state index in [0.717, 1.165) is 0 Å². The predicted molar refractivity (Wildman–Crippen MR) is 63.7 cm³/mol. The van der Waals surface area contributed by atoms with Crippen molar-refractivity contribution in [1.29, 1.82) is 0 Å². The molecule has 2 heterocycles. The van der Waals surface area contributed by atoms with Gasteiger partial charge < -0.3 is 15.0 Å². The minimum atomic E-state index is -2.96. The predicted octanol–water partition coefficient (Wildman–Crippen LogP) is -0.208. The van der Waals surface area contributed by atoms with Crippen LogP contribution in [0.3, 0.4) is 0 Å². The lowest BCUT2D eigenvalue weighted by atomic mass is 10.0. The molecule has 0 bridgehead atoms. The van der Waals surface area contributed by atoms with Gasteiger partial charge in [0.1, 0.15) is 5.54 Å². The maximum atomic E-state index is 11.4. The SMILES string of the molecule is COCC(C)(N)c1noc(C2CCS(=O)(=O)C2)n1. The van der Waals surface area contributed by atoms with E-state index in [2.05, 4.69) is 10.1 Å². The van der Waals surface area contributed by atoms with Crippen molar-refractivity contribution in [3.63, 3.8) is 0 Å². The summed E-state index contributed by atoms with van der Waals surface area (Å²) in [6.07, 6.45) is 0.523. The molecule has 0 amide bonds. The quantitative estimate of drug-likeness (QED) is 0.810. The molecule has 8 heteroatoms. The highest BCUT2D eigenvalue weighted by Gasteiger charge is 2.35. The van der Waals surface area contributed by atoms with E-state index in [4.69, 9.17) is 15.0 Å². The molecule has 1 aromatic rings. The highest BCUT2D eigenvalue weighted by molar-refractivity contribution is 7.91.